The largest absolute Gasteiger partial charge is 0.497 e. The molecule has 0 atom stereocenters. The second kappa shape index (κ2) is 6.92. The lowest BCUT2D eigenvalue weighted by atomic mass is 10.1. The minimum atomic E-state index is -4.48. The third kappa shape index (κ3) is 3.70. The fourth-order valence-electron chi connectivity index (χ4n) is 2.43. The van der Waals surface area contributed by atoms with Crippen LogP contribution >= 0.6 is 0 Å². The number of benzene rings is 2. The van der Waals surface area contributed by atoms with Crippen LogP contribution in [0.25, 0.3) is 10.9 Å². The van der Waals surface area contributed by atoms with E-state index in [0.29, 0.717) is 5.75 Å². The number of methoxy groups -OCH3 is 1. The number of fused-ring (bicyclic) bond motifs is 1. The molecule has 0 bridgehead atoms. The summed E-state index contributed by atoms with van der Waals surface area (Å²) in [6.07, 6.45) is -4.48. The molecule has 0 aliphatic carbocycles. The molecule has 3 rings (SSSR count). The zero-order chi connectivity index (χ0) is 18.7. The molecule has 0 spiro atoms. The number of alkyl halides is 3. The van der Waals surface area contributed by atoms with Gasteiger partial charge in [-0.3, -0.25) is 0 Å². The number of rotatable bonds is 4. The molecule has 0 saturated carbocycles. The first-order valence-electron chi connectivity index (χ1n) is 7.58. The Hall–Kier alpha value is -3.27. The molecular weight excluding hydrogens is 345 g/mol. The van der Waals surface area contributed by atoms with Crippen molar-refractivity contribution in [3.63, 3.8) is 0 Å². The summed E-state index contributed by atoms with van der Waals surface area (Å²) >= 11 is 0. The van der Waals surface area contributed by atoms with E-state index in [2.05, 4.69) is 4.98 Å². The van der Waals surface area contributed by atoms with Gasteiger partial charge in [0.05, 0.1) is 18.2 Å². The van der Waals surface area contributed by atoms with Crippen LogP contribution in [0.1, 0.15) is 16.8 Å². The fourth-order valence-corrected chi connectivity index (χ4v) is 2.43. The van der Waals surface area contributed by atoms with E-state index in [-0.39, 0.29) is 29.0 Å². The van der Waals surface area contributed by atoms with Crippen molar-refractivity contribution < 1.29 is 22.6 Å². The van der Waals surface area contributed by atoms with Gasteiger partial charge >= 0.3 is 6.18 Å². The van der Waals surface area contributed by atoms with Gasteiger partial charge in [-0.1, -0.05) is 12.1 Å². The van der Waals surface area contributed by atoms with Crippen LogP contribution in [-0.4, -0.2) is 12.1 Å². The maximum absolute atomic E-state index is 13.0. The van der Waals surface area contributed by atoms with Crippen molar-refractivity contribution in [1.29, 1.82) is 5.26 Å². The number of hydrogen-bond donors (Lipinski definition) is 0. The highest BCUT2D eigenvalue weighted by Gasteiger charge is 2.31. The molecule has 1 aromatic heterocycles. The Labute approximate surface area is 147 Å². The fraction of sp³-hybridized carbons (Fsp3) is 0.158. The standard InChI is InChI=1S/C19H13F3N2O2/c1-25-15-5-2-12(3-6-15)11-26-18-9-14(10-23)24-17-7-4-13(8-16(17)18)19(20,21)22/h2-9H,11H2,1H3. The molecule has 0 fully saturated rings. The highest BCUT2D eigenvalue weighted by atomic mass is 19.4. The lowest BCUT2D eigenvalue weighted by Gasteiger charge is -2.12. The Kier molecular flexibility index (Phi) is 4.67. The molecule has 0 unspecified atom stereocenters. The normalized spacial score (nSPS) is 11.2. The van der Waals surface area contributed by atoms with Crippen molar-refractivity contribution in [2.75, 3.05) is 7.11 Å². The second-order valence-corrected chi connectivity index (χ2v) is 5.48. The smallest absolute Gasteiger partial charge is 0.416 e. The maximum Gasteiger partial charge on any atom is 0.416 e. The molecule has 0 aliphatic rings. The SMILES string of the molecule is COc1ccc(COc2cc(C#N)nc3ccc(C(F)(F)F)cc23)cc1. The molecule has 0 amide bonds. The van der Waals surface area contributed by atoms with Crippen molar-refractivity contribution >= 4 is 10.9 Å². The quantitative estimate of drug-likeness (QED) is 0.678. The third-order valence-corrected chi connectivity index (χ3v) is 3.77. The summed E-state index contributed by atoms with van der Waals surface area (Å²) in [7, 11) is 1.55. The van der Waals surface area contributed by atoms with Crippen molar-refractivity contribution in [3.8, 4) is 17.6 Å². The molecule has 132 valence electrons. The van der Waals surface area contributed by atoms with Crippen LogP contribution < -0.4 is 9.47 Å². The van der Waals surface area contributed by atoms with Gasteiger partial charge in [0.2, 0.25) is 0 Å². The van der Waals surface area contributed by atoms with Gasteiger partial charge in [-0.25, -0.2) is 4.98 Å². The van der Waals surface area contributed by atoms with Gasteiger partial charge in [-0.05, 0) is 35.9 Å². The van der Waals surface area contributed by atoms with E-state index in [1.165, 1.54) is 12.1 Å². The van der Waals surface area contributed by atoms with Gasteiger partial charge < -0.3 is 9.47 Å². The van der Waals surface area contributed by atoms with Crippen molar-refractivity contribution in [3.05, 3.63) is 65.4 Å². The number of pyridine rings is 1. The average Bonchev–Trinajstić information content (AvgIpc) is 2.65. The van der Waals surface area contributed by atoms with E-state index >= 15 is 0 Å². The summed E-state index contributed by atoms with van der Waals surface area (Å²) in [6, 6.07) is 13.5. The second-order valence-electron chi connectivity index (χ2n) is 5.48. The lowest BCUT2D eigenvalue weighted by molar-refractivity contribution is -0.137. The third-order valence-electron chi connectivity index (χ3n) is 3.77. The van der Waals surface area contributed by atoms with Crippen molar-refractivity contribution in [2.45, 2.75) is 12.8 Å². The van der Waals surface area contributed by atoms with Gasteiger partial charge in [0.1, 0.15) is 29.9 Å². The Morgan fingerprint density at radius 1 is 1.08 bits per heavy atom. The molecule has 4 nitrogen and oxygen atoms in total. The first-order chi connectivity index (χ1) is 12.4. The Balaban J connectivity index is 1.97. The van der Waals surface area contributed by atoms with Crippen LogP contribution in [0.2, 0.25) is 0 Å². The van der Waals surface area contributed by atoms with Crippen molar-refractivity contribution in [1.82, 2.24) is 4.98 Å². The monoisotopic (exact) mass is 358 g/mol. The summed E-state index contributed by atoms with van der Waals surface area (Å²) in [5, 5.41) is 9.29. The van der Waals surface area contributed by atoms with Gasteiger partial charge in [-0.2, -0.15) is 18.4 Å². The van der Waals surface area contributed by atoms with Crippen LogP contribution in [0, 0.1) is 11.3 Å². The molecular formula is C19H13F3N2O2. The predicted molar refractivity (Wildman–Crippen MR) is 88.8 cm³/mol. The summed E-state index contributed by atoms with van der Waals surface area (Å²) < 4.78 is 49.7. The topological polar surface area (TPSA) is 55.1 Å². The van der Waals surface area contributed by atoms with Crippen LogP contribution in [0.3, 0.4) is 0 Å². The van der Waals surface area contributed by atoms with E-state index < -0.39 is 11.7 Å². The minimum Gasteiger partial charge on any atom is -0.497 e. The highest BCUT2D eigenvalue weighted by molar-refractivity contribution is 5.86. The van der Waals surface area contributed by atoms with Gasteiger partial charge in [0.15, 0.2) is 0 Å². The Morgan fingerprint density at radius 3 is 2.42 bits per heavy atom. The lowest BCUT2D eigenvalue weighted by Crippen LogP contribution is -2.05. The molecule has 0 radical (unpaired) electrons. The van der Waals surface area contributed by atoms with E-state index in [4.69, 9.17) is 14.7 Å². The van der Waals surface area contributed by atoms with E-state index in [1.807, 2.05) is 6.07 Å². The number of aromatic nitrogens is 1. The van der Waals surface area contributed by atoms with Crippen molar-refractivity contribution in [2.24, 2.45) is 0 Å². The molecule has 2 aromatic carbocycles. The Morgan fingerprint density at radius 2 is 1.81 bits per heavy atom. The summed E-state index contributed by atoms with van der Waals surface area (Å²) in [4.78, 5) is 4.03. The number of hydrogen-bond acceptors (Lipinski definition) is 4. The van der Waals surface area contributed by atoms with E-state index in [9.17, 15) is 13.2 Å². The van der Waals surface area contributed by atoms with Crippen LogP contribution in [0.4, 0.5) is 13.2 Å². The van der Waals surface area contributed by atoms with Gasteiger partial charge in [0.25, 0.3) is 0 Å². The van der Waals surface area contributed by atoms with Crippen LogP contribution in [-0.2, 0) is 12.8 Å². The number of halogens is 3. The molecule has 0 N–H and O–H groups in total. The summed E-state index contributed by atoms with van der Waals surface area (Å²) in [5.74, 6) is 0.859. The number of nitrogens with zero attached hydrogens (tertiary/aromatic N) is 2. The predicted octanol–water partition coefficient (Wildman–Crippen LogP) is 4.71. The zero-order valence-electron chi connectivity index (χ0n) is 13.7. The van der Waals surface area contributed by atoms with E-state index in [0.717, 1.165) is 17.7 Å². The summed E-state index contributed by atoms with van der Waals surface area (Å²) in [6.45, 7) is 0.129. The molecule has 1 heterocycles. The molecule has 0 saturated heterocycles. The minimum absolute atomic E-state index is 0.0713. The highest BCUT2D eigenvalue weighted by Crippen LogP contribution is 2.34. The molecule has 26 heavy (non-hydrogen) atoms. The Bertz CT molecular complexity index is 977. The zero-order valence-corrected chi connectivity index (χ0v) is 13.7. The first kappa shape index (κ1) is 17.5. The molecule has 3 aromatic rings. The first-order valence-corrected chi connectivity index (χ1v) is 7.58. The van der Waals surface area contributed by atoms with Crippen LogP contribution in [0.15, 0.2) is 48.5 Å². The van der Waals surface area contributed by atoms with E-state index in [1.54, 1.807) is 31.4 Å². The van der Waals surface area contributed by atoms with Crippen LogP contribution in [0.5, 0.6) is 11.5 Å². The average molecular weight is 358 g/mol. The molecule has 0 aliphatic heterocycles. The number of nitriles is 1. The summed E-state index contributed by atoms with van der Waals surface area (Å²) in [5.41, 5.74) is 0.343. The van der Waals surface area contributed by atoms with Gasteiger partial charge in [0, 0.05) is 11.5 Å². The van der Waals surface area contributed by atoms with Gasteiger partial charge in [-0.15, -0.1) is 0 Å². The molecule has 7 heteroatoms. The number of ether oxygens (including phenoxy) is 2. The maximum atomic E-state index is 13.0.